The summed E-state index contributed by atoms with van der Waals surface area (Å²) in [6, 6.07) is 1.98. The highest BCUT2D eigenvalue weighted by Crippen LogP contribution is 2.46. The Kier molecular flexibility index (Phi) is 4.37. The Morgan fingerprint density at radius 1 is 1.21 bits per heavy atom. The minimum absolute atomic E-state index is 0.00905. The van der Waals surface area contributed by atoms with Gasteiger partial charge in [-0.2, -0.15) is 5.10 Å². The van der Waals surface area contributed by atoms with Crippen LogP contribution in [0, 0.1) is 6.92 Å². The molecule has 1 N–H and O–H groups in total. The van der Waals surface area contributed by atoms with Gasteiger partial charge >= 0.3 is 0 Å². The zero-order chi connectivity index (χ0) is 16.7. The second-order valence-corrected chi connectivity index (χ2v) is 7.08. The first-order valence-corrected chi connectivity index (χ1v) is 9.05. The standard InChI is InChI=1S/C16H19Cl2N5O/c1-9-8-11(22-23(9)12-4-2-3-7-24-12)19-15-13(10-5-6-10)14(17)20-16(18)21-15/h8,10,12H,2-7H2,1H3,(H,19,20,21,22). The van der Waals surface area contributed by atoms with Gasteiger partial charge in [0.1, 0.15) is 11.0 Å². The van der Waals surface area contributed by atoms with Crippen LogP contribution in [0.4, 0.5) is 11.6 Å². The van der Waals surface area contributed by atoms with Crippen LogP contribution in [-0.4, -0.2) is 26.4 Å². The third kappa shape index (κ3) is 3.23. The van der Waals surface area contributed by atoms with Crippen molar-refractivity contribution in [3.63, 3.8) is 0 Å². The molecule has 1 unspecified atom stereocenters. The van der Waals surface area contributed by atoms with Gasteiger partial charge in [0.25, 0.3) is 0 Å². The zero-order valence-corrected chi connectivity index (χ0v) is 14.9. The molecule has 6 nitrogen and oxygen atoms in total. The molecule has 1 saturated carbocycles. The molecule has 0 bridgehead atoms. The Labute approximate surface area is 150 Å². The molecular weight excluding hydrogens is 349 g/mol. The molecule has 1 atom stereocenters. The third-order valence-corrected chi connectivity index (χ3v) is 4.91. The number of aromatic nitrogens is 4. The molecule has 24 heavy (non-hydrogen) atoms. The minimum atomic E-state index is 0.00905. The molecule has 0 spiro atoms. The molecule has 2 aliphatic rings. The highest BCUT2D eigenvalue weighted by Gasteiger charge is 2.31. The van der Waals surface area contributed by atoms with E-state index in [4.69, 9.17) is 27.9 Å². The summed E-state index contributed by atoms with van der Waals surface area (Å²) >= 11 is 12.3. The Balaban J connectivity index is 1.62. The summed E-state index contributed by atoms with van der Waals surface area (Å²) in [5, 5.41) is 8.47. The van der Waals surface area contributed by atoms with Crippen LogP contribution in [0.3, 0.4) is 0 Å². The molecule has 1 saturated heterocycles. The molecule has 8 heteroatoms. The molecule has 2 fully saturated rings. The van der Waals surface area contributed by atoms with E-state index in [2.05, 4.69) is 20.4 Å². The number of ether oxygens (including phenoxy) is 1. The third-order valence-electron chi connectivity index (χ3n) is 4.45. The summed E-state index contributed by atoms with van der Waals surface area (Å²) in [4.78, 5) is 8.39. The van der Waals surface area contributed by atoms with Crippen LogP contribution in [0.15, 0.2) is 6.07 Å². The van der Waals surface area contributed by atoms with Gasteiger partial charge in [-0.3, -0.25) is 0 Å². The first kappa shape index (κ1) is 16.1. The van der Waals surface area contributed by atoms with Crippen LogP contribution < -0.4 is 5.32 Å². The molecule has 0 aromatic carbocycles. The molecule has 1 aliphatic heterocycles. The van der Waals surface area contributed by atoms with E-state index in [0.717, 1.165) is 55.8 Å². The second-order valence-electron chi connectivity index (χ2n) is 6.38. The summed E-state index contributed by atoms with van der Waals surface area (Å²) in [5.74, 6) is 1.77. The lowest BCUT2D eigenvalue weighted by atomic mass is 10.2. The van der Waals surface area contributed by atoms with Crippen LogP contribution in [0.25, 0.3) is 0 Å². The van der Waals surface area contributed by atoms with Crippen molar-refractivity contribution in [2.24, 2.45) is 0 Å². The fourth-order valence-corrected chi connectivity index (χ4v) is 3.66. The number of hydrogen-bond donors (Lipinski definition) is 1. The Morgan fingerprint density at radius 3 is 2.75 bits per heavy atom. The van der Waals surface area contributed by atoms with E-state index in [-0.39, 0.29) is 11.5 Å². The quantitative estimate of drug-likeness (QED) is 0.631. The van der Waals surface area contributed by atoms with E-state index >= 15 is 0 Å². The largest absolute Gasteiger partial charge is 0.357 e. The van der Waals surface area contributed by atoms with Gasteiger partial charge in [0.2, 0.25) is 5.28 Å². The molecule has 2 aromatic heterocycles. The lowest BCUT2D eigenvalue weighted by Gasteiger charge is -2.23. The number of nitrogens with one attached hydrogen (secondary N) is 1. The number of anilines is 2. The van der Waals surface area contributed by atoms with Gasteiger partial charge in [-0.1, -0.05) is 11.6 Å². The van der Waals surface area contributed by atoms with Crippen molar-refractivity contribution in [2.45, 2.75) is 51.2 Å². The summed E-state index contributed by atoms with van der Waals surface area (Å²) in [6.07, 6.45) is 5.47. The van der Waals surface area contributed by atoms with Crippen LogP contribution in [0.5, 0.6) is 0 Å². The molecule has 3 heterocycles. The maximum Gasteiger partial charge on any atom is 0.225 e. The van der Waals surface area contributed by atoms with Gasteiger partial charge in [-0.15, -0.1) is 0 Å². The number of halogens is 2. The molecule has 4 rings (SSSR count). The Hall–Kier alpha value is -1.37. The van der Waals surface area contributed by atoms with Crippen molar-refractivity contribution < 1.29 is 4.74 Å². The van der Waals surface area contributed by atoms with Gasteiger partial charge in [0, 0.05) is 23.9 Å². The normalized spacial score (nSPS) is 21.0. The highest BCUT2D eigenvalue weighted by molar-refractivity contribution is 6.32. The molecule has 128 valence electrons. The van der Waals surface area contributed by atoms with Gasteiger partial charge in [-0.05, 0) is 56.5 Å². The first-order chi connectivity index (χ1) is 11.6. The Morgan fingerprint density at radius 2 is 2.04 bits per heavy atom. The number of rotatable bonds is 4. The Bertz CT molecular complexity index is 753. The summed E-state index contributed by atoms with van der Waals surface area (Å²) < 4.78 is 7.76. The van der Waals surface area contributed by atoms with Gasteiger partial charge in [0.15, 0.2) is 12.0 Å². The summed E-state index contributed by atoms with van der Waals surface area (Å²) in [6.45, 7) is 2.81. The maximum absolute atomic E-state index is 6.27. The first-order valence-electron chi connectivity index (χ1n) is 8.29. The van der Waals surface area contributed by atoms with E-state index in [1.165, 1.54) is 0 Å². The van der Waals surface area contributed by atoms with Crippen LogP contribution in [0.2, 0.25) is 10.4 Å². The fraction of sp³-hybridized carbons (Fsp3) is 0.562. The van der Waals surface area contributed by atoms with E-state index < -0.39 is 0 Å². The second kappa shape index (κ2) is 6.50. The van der Waals surface area contributed by atoms with E-state index in [0.29, 0.717) is 16.9 Å². The van der Waals surface area contributed by atoms with E-state index in [1.807, 2.05) is 17.7 Å². The van der Waals surface area contributed by atoms with Crippen molar-refractivity contribution in [3.8, 4) is 0 Å². The monoisotopic (exact) mass is 367 g/mol. The predicted octanol–water partition coefficient (Wildman–Crippen LogP) is 4.61. The van der Waals surface area contributed by atoms with Crippen LogP contribution >= 0.6 is 23.2 Å². The maximum atomic E-state index is 6.27. The lowest BCUT2D eigenvalue weighted by Crippen LogP contribution is -2.20. The fourth-order valence-electron chi connectivity index (χ4n) is 3.12. The van der Waals surface area contributed by atoms with Crippen molar-refractivity contribution in [1.29, 1.82) is 0 Å². The van der Waals surface area contributed by atoms with E-state index in [1.54, 1.807) is 0 Å². The average molecular weight is 368 g/mol. The van der Waals surface area contributed by atoms with Crippen LogP contribution in [0.1, 0.15) is 55.5 Å². The smallest absolute Gasteiger partial charge is 0.225 e. The predicted molar refractivity (Wildman–Crippen MR) is 93.1 cm³/mol. The molecule has 0 radical (unpaired) electrons. The van der Waals surface area contributed by atoms with Crippen molar-refractivity contribution in [3.05, 3.63) is 27.8 Å². The van der Waals surface area contributed by atoms with Gasteiger partial charge < -0.3 is 10.1 Å². The molecular formula is C16H19Cl2N5O. The topological polar surface area (TPSA) is 64.9 Å². The molecule has 2 aromatic rings. The number of nitrogens with zero attached hydrogens (tertiary/aromatic N) is 4. The summed E-state index contributed by atoms with van der Waals surface area (Å²) in [5.41, 5.74) is 1.98. The molecule has 0 amide bonds. The van der Waals surface area contributed by atoms with Crippen molar-refractivity contribution in [2.75, 3.05) is 11.9 Å². The lowest BCUT2D eigenvalue weighted by molar-refractivity contribution is -0.0404. The summed E-state index contributed by atoms with van der Waals surface area (Å²) in [7, 11) is 0. The SMILES string of the molecule is Cc1cc(Nc2nc(Cl)nc(Cl)c2C2CC2)nn1C1CCCCO1. The zero-order valence-electron chi connectivity index (χ0n) is 13.4. The van der Waals surface area contributed by atoms with E-state index in [9.17, 15) is 0 Å². The van der Waals surface area contributed by atoms with Gasteiger partial charge in [-0.25, -0.2) is 14.6 Å². The van der Waals surface area contributed by atoms with Crippen molar-refractivity contribution >= 4 is 34.8 Å². The van der Waals surface area contributed by atoms with Gasteiger partial charge in [0.05, 0.1) is 0 Å². The highest BCUT2D eigenvalue weighted by atomic mass is 35.5. The molecule has 1 aliphatic carbocycles. The number of hydrogen-bond acceptors (Lipinski definition) is 5. The van der Waals surface area contributed by atoms with Crippen LogP contribution in [-0.2, 0) is 4.74 Å². The number of aryl methyl sites for hydroxylation is 1. The average Bonchev–Trinajstić information content (AvgIpc) is 3.30. The van der Waals surface area contributed by atoms with Crippen molar-refractivity contribution in [1.82, 2.24) is 19.7 Å². The minimum Gasteiger partial charge on any atom is -0.357 e.